The zero-order chi connectivity index (χ0) is 13.8. The first-order valence-corrected chi connectivity index (χ1v) is 6.96. The van der Waals surface area contributed by atoms with E-state index in [1.807, 2.05) is 18.2 Å². The number of methoxy groups -OCH3 is 1. The second kappa shape index (κ2) is 6.16. The van der Waals surface area contributed by atoms with Crippen molar-refractivity contribution in [2.75, 3.05) is 12.4 Å². The van der Waals surface area contributed by atoms with Gasteiger partial charge in [0, 0.05) is 15.1 Å². The molecule has 0 radical (unpaired) electrons. The van der Waals surface area contributed by atoms with Crippen molar-refractivity contribution in [3.63, 3.8) is 0 Å². The highest BCUT2D eigenvalue weighted by atomic mass is 79.9. The molecule has 0 unspecified atom stereocenters. The van der Waals surface area contributed by atoms with Crippen molar-refractivity contribution in [3.8, 4) is 0 Å². The first-order valence-electron chi connectivity index (χ1n) is 5.37. The summed E-state index contributed by atoms with van der Waals surface area (Å²) in [5.41, 5.74) is 1.29. The Morgan fingerprint density at radius 2 is 1.95 bits per heavy atom. The largest absolute Gasteiger partial charge is 0.465 e. The molecule has 1 heterocycles. The van der Waals surface area contributed by atoms with Crippen LogP contribution in [0.3, 0.4) is 0 Å². The van der Waals surface area contributed by atoms with Crippen molar-refractivity contribution >= 4 is 49.3 Å². The molecule has 0 bridgehead atoms. The van der Waals surface area contributed by atoms with Gasteiger partial charge >= 0.3 is 5.97 Å². The van der Waals surface area contributed by atoms with Gasteiger partial charge in [-0.05, 0) is 56.1 Å². The summed E-state index contributed by atoms with van der Waals surface area (Å²) in [5.74, 6) is 0.173. The zero-order valence-electron chi connectivity index (χ0n) is 9.98. The number of ether oxygens (including phenoxy) is 1. The van der Waals surface area contributed by atoms with E-state index in [9.17, 15) is 4.79 Å². The van der Waals surface area contributed by atoms with Crippen LogP contribution in [-0.2, 0) is 4.74 Å². The van der Waals surface area contributed by atoms with Gasteiger partial charge in [-0.25, -0.2) is 9.78 Å². The second-order valence-corrected chi connectivity index (χ2v) is 5.35. The zero-order valence-corrected chi connectivity index (χ0v) is 13.2. The van der Waals surface area contributed by atoms with Gasteiger partial charge in [0.25, 0.3) is 0 Å². The van der Waals surface area contributed by atoms with Crippen LogP contribution < -0.4 is 5.32 Å². The molecule has 0 amide bonds. The maximum absolute atomic E-state index is 11.5. The van der Waals surface area contributed by atoms with Gasteiger partial charge in [0.05, 0.1) is 18.4 Å². The van der Waals surface area contributed by atoms with Gasteiger partial charge in [0.1, 0.15) is 5.82 Å². The minimum absolute atomic E-state index is 0.392. The van der Waals surface area contributed by atoms with Crippen molar-refractivity contribution in [2.24, 2.45) is 0 Å². The Morgan fingerprint density at radius 3 is 2.58 bits per heavy atom. The topological polar surface area (TPSA) is 51.2 Å². The summed E-state index contributed by atoms with van der Waals surface area (Å²) in [5, 5.41) is 3.15. The molecule has 2 aromatic rings. The van der Waals surface area contributed by atoms with Crippen LogP contribution in [0.2, 0.25) is 0 Å². The Hall–Kier alpha value is -1.40. The van der Waals surface area contributed by atoms with Gasteiger partial charge in [0.15, 0.2) is 0 Å². The van der Waals surface area contributed by atoms with E-state index in [0.29, 0.717) is 11.4 Å². The first kappa shape index (κ1) is 14.0. The molecule has 1 N–H and O–H groups in total. The monoisotopic (exact) mass is 384 g/mol. The van der Waals surface area contributed by atoms with Gasteiger partial charge in [0.2, 0.25) is 0 Å². The van der Waals surface area contributed by atoms with Crippen molar-refractivity contribution < 1.29 is 9.53 Å². The second-order valence-electron chi connectivity index (χ2n) is 3.64. The molecule has 0 aliphatic heterocycles. The molecule has 4 nitrogen and oxygen atoms in total. The maximum Gasteiger partial charge on any atom is 0.338 e. The number of carbonyl (C=O) groups excluding carboxylic acids is 1. The predicted molar refractivity (Wildman–Crippen MR) is 80.7 cm³/mol. The number of benzene rings is 1. The number of hydrogen-bond donors (Lipinski definition) is 1. The Kier molecular flexibility index (Phi) is 4.55. The Balaban J connectivity index is 2.31. The van der Waals surface area contributed by atoms with Crippen LogP contribution in [-0.4, -0.2) is 18.1 Å². The van der Waals surface area contributed by atoms with Crippen LogP contribution in [0, 0.1) is 0 Å². The first-order chi connectivity index (χ1) is 9.11. The molecular weight excluding hydrogens is 376 g/mol. The average Bonchev–Trinajstić information content (AvgIpc) is 2.42. The summed E-state index contributed by atoms with van der Waals surface area (Å²) in [6.45, 7) is 0. The number of hydrogen-bond acceptors (Lipinski definition) is 4. The normalized spacial score (nSPS) is 10.1. The van der Waals surface area contributed by atoms with Crippen molar-refractivity contribution in [3.05, 3.63) is 51.0 Å². The number of rotatable bonds is 3. The van der Waals surface area contributed by atoms with E-state index in [0.717, 1.165) is 14.6 Å². The van der Waals surface area contributed by atoms with Crippen molar-refractivity contribution in [1.29, 1.82) is 0 Å². The van der Waals surface area contributed by atoms with E-state index in [2.05, 4.69) is 46.9 Å². The third-order valence-electron chi connectivity index (χ3n) is 2.40. The number of para-hydroxylation sites is 1. The summed E-state index contributed by atoms with van der Waals surface area (Å²) < 4.78 is 6.47. The Morgan fingerprint density at radius 1 is 1.26 bits per heavy atom. The highest BCUT2D eigenvalue weighted by Gasteiger charge is 2.09. The molecular formula is C13H10Br2N2O2. The smallest absolute Gasteiger partial charge is 0.338 e. The lowest BCUT2D eigenvalue weighted by molar-refractivity contribution is 0.0600. The Bertz CT molecular complexity index is 597. The van der Waals surface area contributed by atoms with E-state index in [1.165, 1.54) is 7.11 Å². The lowest BCUT2D eigenvalue weighted by Gasteiger charge is -2.10. The van der Waals surface area contributed by atoms with E-state index < -0.39 is 5.97 Å². The lowest BCUT2D eigenvalue weighted by Crippen LogP contribution is -2.03. The molecule has 98 valence electrons. The summed E-state index contributed by atoms with van der Waals surface area (Å²) in [7, 11) is 1.35. The quantitative estimate of drug-likeness (QED) is 0.806. The fraction of sp³-hybridized carbons (Fsp3) is 0.0769. The number of nitrogens with zero attached hydrogens (tertiary/aromatic N) is 1. The molecule has 0 atom stereocenters. The molecule has 0 saturated heterocycles. The van der Waals surface area contributed by atoms with E-state index >= 15 is 0 Å². The van der Waals surface area contributed by atoms with Gasteiger partial charge in [-0.15, -0.1) is 0 Å². The molecule has 0 aliphatic rings. The van der Waals surface area contributed by atoms with Crippen molar-refractivity contribution in [1.82, 2.24) is 4.98 Å². The maximum atomic E-state index is 11.5. The molecule has 1 aromatic carbocycles. The molecule has 0 aliphatic carbocycles. The number of aromatic nitrogens is 1. The van der Waals surface area contributed by atoms with Gasteiger partial charge in [-0.3, -0.25) is 0 Å². The fourth-order valence-electron chi connectivity index (χ4n) is 1.49. The van der Waals surface area contributed by atoms with Gasteiger partial charge in [-0.2, -0.15) is 0 Å². The highest BCUT2D eigenvalue weighted by molar-refractivity contribution is 9.11. The number of pyridine rings is 1. The summed E-state index contributed by atoms with van der Waals surface area (Å²) in [6.07, 6.45) is 1.55. The molecule has 0 fully saturated rings. The number of anilines is 2. The average molecular weight is 386 g/mol. The number of halogens is 2. The molecule has 0 spiro atoms. The van der Waals surface area contributed by atoms with E-state index in [-0.39, 0.29) is 0 Å². The van der Waals surface area contributed by atoms with Crippen LogP contribution in [0.15, 0.2) is 45.5 Å². The number of nitrogens with one attached hydrogen (secondary N) is 1. The molecule has 0 saturated carbocycles. The number of esters is 1. The summed E-state index contributed by atoms with van der Waals surface area (Å²) in [4.78, 5) is 15.6. The standard InChI is InChI=1S/C13H10Br2N2O2/c1-19-13(18)8-5-6-16-11(7-8)17-12-9(14)3-2-4-10(12)15/h2-7H,1H3,(H,16,17). The fourth-order valence-corrected chi connectivity index (χ4v) is 2.69. The minimum atomic E-state index is -0.392. The third kappa shape index (κ3) is 3.33. The summed E-state index contributed by atoms with van der Waals surface area (Å²) >= 11 is 6.91. The van der Waals surface area contributed by atoms with Crippen LogP contribution >= 0.6 is 31.9 Å². The molecule has 6 heteroatoms. The molecule has 1 aromatic heterocycles. The van der Waals surface area contributed by atoms with Gasteiger partial charge in [-0.1, -0.05) is 6.07 Å². The van der Waals surface area contributed by atoms with E-state index in [4.69, 9.17) is 0 Å². The van der Waals surface area contributed by atoms with Crippen LogP contribution in [0.1, 0.15) is 10.4 Å². The molecule has 2 rings (SSSR count). The van der Waals surface area contributed by atoms with Crippen LogP contribution in [0.4, 0.5) is 11.5 Å². The van der Waals surface area contributed by atoms with Crippen molar-refractivity contribution in [2.45, 2.75) is 0 Å². The molecule has 19 heavy (non-hydrogen) atoms. The predicted octanol–water partition coefficient (Wildman–Crippen LogP) is 4.14. The van der Waals surface area contributed by atoms with E-state index in [1.54, 1.807) is 18.3 Å². The Labute approximate surface area is 127 Å². The minimum Gasteiger partial charge on any atom is -0.465 e. The summed E-state index contributed by atoms with van der Waals surface area (Å²) in [6, 6.07) is 8.98. The highest BCUT2D eigenvalue weighted by Crippen LogP contribution is 2.32. The third-order valence-corrected chi connectivity index (χ3v) is 3.72. The van der Waals surface area contributed by atoms with Gasteiger partial charge < -0.3 is 10.1 Å². The SMILES string of the molecule is COC(=O)c1ccnc(Nc2c(Br)cccc2Br)c1. The van der Waals surface area contributed by atoms with Crippen LogP contribution in [0.5, 0.6) is 0 Å². The number of carbonyl (C=O) groups is 1. The lowest BCUT2D eigenvalue weighted by atomic mass is 10.2. The van der Waals surface area contributed by atoms with Crippen LogP contribution in [0.25, 0.3) is 0 Å².